The Hall–Kier alpha value is -3.03. The van der Waals surface area contributed by atoms with Gasteiger partial charge < -0.3 is 5.32 Å². The number of aryl methyl sites for hydroxylation is 1. The topological polar surface area (TPSA) is 75.3 Å². The average Bonchev–Trinajstić information content (AvgIpc) is 2.69. The van der Waals surface area contributed by atoms with Crippen LogP contribution in [0.4, 0.5) is 10.1 Å². The van der Waals surface area contributed by atoms with Gasteiger partial charge in [0.05, 0.1) is 10.6 Å². The second-order valence-corrected chi connectivity index (χ2v) is 7.98. The third kappa shape index (κ3) is 4.62. The SMILES string of the molecule is Cc1ccccc1CNS(=O)(=O)c1cccc(C(=O)Nc2ccccc2F)c1. The van der Waals surface area contributed by atoms with Crippen molar-refractivity contribution in [3.8, 4) is 0 Å². The van der Waals surface area contributed by atoms with Crippen molar-refractivity contribution >= 4 is 21.6 Å². The fourth-order valence-electron chi connectivity index (χ4n) is 2.63. The summed E-state index contributed by atoms with van der Waals surface area (Å²) in [5, 5.41) is 2.44. The number of benzene rings is 3. The molecule has 5 nitrogen and oxygen atoms in total. The molecule has 0 bridgehead atoms. The number of amides is 1. The number of hydrogen-bond donors (Lipinski definition) is 2. The largest absolute Gasteiger partial charge is 0.319 e. The lowest BCUT2D eigenvalue weighted by atomic mass is 10.1. The highest BCUT2D eigenvalue weighted by atomic mass is 32.2. The Morgan fingerprint density at radius 2 is 1.68 bits per heavy atom. The second kappa shape index (κ2) is 8.33. The zero-order chi connectivity index (χ0) is 20.1. The van der Waals surface area contributed by atoms with Crippen LogP contribution in [0, 0.1) is 12.7 Å². The van der Waals surface area contributed by atoms with E-state index in [2.05, 4.69) is 10.0 Å². The molecule has 3 aromatic carbocycles. The number of anilines is 1. The minimum absolute atomic E-state index is 0.0263. The van der Waals surface area contributed by atoms with Crippen molar-refractivity contribution in [1.82, 2.24) is 4.72 Å². The highest BCUT2D eigenvalue weighted by Crippen LogP contribution is 2.17. The fourth-order valence-corrected chi connectivity index (χ4v) is 3.68. The molecule has 0 aliphatic rings. The van der Waals surface area contributed by atoms with Crippen LogP contribution in [0.1, 0.15) is 21.5 Å². The summed E-state index contributed by atoms with van der Waals surface area (Å²) >= 11 is 0. The van der Waals surface area contributed by atoms with Crippen molar-refractivity contribution in [2.24, 2.45) is 0 Å². The number of halogens is 1. The van der Waals surface area contributed by atoms with Crippen LogP contribution in [0.15, 0.2) is 77.7 Å². The summed E-state index contributed by atoms with van der Waals surface area (Å²) < 4.78 is 41.4. The predicted molar refractivity (Wildman–Crippen MR) is 106 cm³/mol. The monoisotopic (exact) mass is 398 g/mol. The van der Waals surface area contributed by atoms with Crippen molar-refractivity contribution in [1.29, 1.82) is 0 Å². The number of carbonyl (C=O) groups is 1. The Labute approximate surface area is 163 Å². The van der Waals surface area contributed by atoms with Gasteiger partial charge in [0.25, 0.3) is 5.91 Å². The molecule has 0 spiro atoms. The number of carbonyl (C=O) groups excluding carboxylic acids is 1. The van der Waals surface area contributed by atoms with Crippen LogP contribution in [0.2, 0.25) is 0 Å². The summed E-state index contributed by atoms with van der Waals surface area (Å²) in [6.45, 7) is 2.04. The van der Waals surface area contributed by atoms with E-state index in [9.17, 15) is 17.6 Å². The Balaban J connectivity index is 1.77. The van der Waals surface area contributed by atoms with E-state index in [1.54, 1.807) is 6.07 Å². The minimum Gasteiger partial charge on any atom is -0.319 e. The maximum atomic E-state index is 13.7. The zero-order valence-electron chi connectivity index (χ0n) is 15.1. The molecule has 0 radical (unpaired) electrons. The van der Waals surface area contributed by atoms with Crippen LogP contribution in [0.3, 0.4) is 0 Å². The molecule has 1 amide bonds. The third-order valence-electron chi connectivity index (χ3n) is 4.24. The molecule has 7 heteroatoms. The lowest BCUT2D eigenvalue weighted by Gasteiger charge is -2.10. The molecule has 0 saturated heterocycles. The summed E-state index contributed by atoms with van der Waals surface area (Å²) in [5.74, 6) is -1.17. The zero-order valence-corrected chi connectivity index (χ0v) is 16.0. The van der Waals surface area contributed by atoms with Gasteiger partial charge in [0.1, 0.15) is 5.82 Å². The molecular weight excluding hydrogens is 379 g/mol. The maximum Gasteiger partial charge on any atom is 0.255 e. The van der Waals surface area contributed by atoms with E-state index >= 15 is 0 Å². The standard InChI is InChI=1S/C21H19FN2O3S/c1-15-7-2-3-8-17(15)14-23-28(26,27)18-10-6-9-16(13-18)21(25)24-20-12-5-4-11-19(20)22/h2-13,23H,14H2,1H3,(H,24,25). The summed E-state index contributed by atoms with van der Waals surface area (Å²) in [7, 11) is -3.82. The molecule has 0 heterocycles. The molecule has 0 fully saturated rings. The van der Waals surface area contributed by atoms with Gasteiger partial charge in [-0.25, -0.2) is 17.5 Å². The maximum absolute atomic E-state index is 13.7. The first-order chi connectivity index (χ1) is 13.4. The van der Waals surface area contributed by atoms with E-state index in [0.29, 0.717) is 0 Å². The third-order valence-corrected chi connectivity index (χ3v) is 5.64. The van der Waals surface area contributed by atoms with Crippen molar-refractivity contribution < 1.29 is 17.6 Å². The molecule has 0 unspecified atom stereocenters. The minimum atomic E-state index is -3.82. The van der Waals surface area contributed by atoms with Crippen molar-refractivity contribution in [2.45, 2.75) is 18.4 Å². The number of para-hydroxylation sites is 1. The molecule has 3 rings (SSSR count). The van der Waals surface area contributed by atoms with Gasteiger partial charge in [-0.05, 0) is 48.4 Å². The van der Waals surface area contributed by atoms with Gasteiger partial charge in [-0.1, -0.05) is 42.5 Å². The van der Waals surface area contributed by atoms with Crippen molar-refractivity contribution in [3.63, 3.8) is 0 Å². The second-order valence-electron chi connectivity index (χ2n) is 6.21. The van der Waals surface area contributed by atoms with E-state index in [1.165, 1.54) is 42.5 Å². The number of nitrogens with one attached hydrogen (secondary N) is 2. The quantitative estimate of drug-likeness (QED) is 0.662. The van der Waals surface area contributed by atoms with E-state index in [1.807, 2.05) is 31.2 Å². The summed E-state index contributed by atoms with van der Waals surface area (Å²) in [6, 6.07) is 18.8. The van der Waals surface area contributed by atoms with Crippen LogP contribution in [0.5, 0.6) is 0 Å². The van der Waals surface area contributed by atoms with Crippen LogP contribution in [0.25, 0.3) is 0 Å². The van der Waals surface area contributed by atoms with Crippen LogP contribution >= 0.6 is 0 Å². The van der Waals surface area contributed by atoms with Crippen LogP contribution in [-0.2, 0) is 16.6 Å². The first kappa shape index (κ1) is 19.7. The molecular formula is C21H19FN2O3S. The van der Waals surface area contributed by atoms with Gasteiger partial charge in [-0.15, -0.1) is 0 Å². The molecule has 144 valence electrons. The molecule has 0 aliphatic heterocycles. The van der Waals surface area contributed by atoms with E-state index in [0.717, 1.165) is 11.1 Å². The van der Waals surface area contributed by atoms with Gasteiger partial charge in [-0.3, -0.25) is 4.79 Å². The fraction of sp³-hybridized carbons (Fsp3) is 0.0952. The Morgan fingerprint density at radius 1 is 0.964 bits per heavy atom. The highest BCUT2D eigenvalue weighted by molar-refractivity contribution is 7.89. The molecule has 0 aliphatic carbocycles. The van der Waals surface area contributed by atoms with Gasteiger partial charge >= 0.3 is 0 Å². The van der Waals surface area contributed by atoms with Gasteiger partial charge in [0, 0.05) is 12.1 Å². The van der Waals surface area contributed by atoms with Crippen LogP contribution < -0.4 is 10.0 Å². The first-order valence-electron chi connectivity index (χ1n) is 8.57. The lowest BCUT2D eigenvalue weighted by molar-refractivity contribution is 0.102. The lowest BCUT2D eigenvalue weighted by Crippen LogP contribution is -2.24. The number of rotatable bonds is 6. The highest BCUT2D eigenvalue weighted by Gasteiger charge is 2.17. The molecule has 3 aromatic rings. The molecule has 2 N–H and O–H groups in total. The normalized spacial score (nSPS) is 11.2. The van der Waals surface area contributed by atoms with Crippen molar-refractivity contribution in [3.05, 3.63) is 95.3 Å². The summed E-state index contributed by atoms with van der Waals surface area (Å²) in [4.78, 5) is 12.3. The van der Waals surface area contributed by atoms with Gasteiger partial charge in [0.2, 0.25) is 10.0 Å². The van der Waals surface area contributed by atoms with Gasteiger partial charge in [0.15, 0.2) is 0 Å². The summed E-state index contributed by atoms with van der Waals surface area (Å²) in [6.07, 6.45) is 0. The van der Waals surface area contributed by atoms with E-state index in [4.69, 9.17) is 0 Å². The first-order valence-corrected chi connectivity index (χ1v) is 10.1. The smallest absolute Gasteiger partial charge is 0.255 e. The Morgan fingerprint density at radius 3 is 2.43 bits per heavy atom. The number of hydrogen-bond acceptors (Lipinski definition) is 3. The van der Waals surface area contributed by atoms with E-state index in [-0.39, 0.29) is 22.7 Å². The Bertz CT molecular complexity index is 1110. The van der Waals surface area contributed by atoms with E-state index < -0.39 is 21.7 Å². The van der Waals surface area contributed by atoms with Crippen molar-refractivity contribution in [2.75, 3.05) is 5.32 Å². The number of sulfonamides is 1. The predicted octanol–water partition coefficient (Wildman–Crippen LogP) is 3.86. The van der Waals surface area contributed by atoms with Gasteiger partial charge in [-0.2, -0.15) is 0 Å². The molecule has 0 saturated carbocycles. The molecule has 0 aromatic heterocycles. The van der Waals surface area contributed by atoms with Crippen LogP contribution in [-0.4, -0.2) is 14.3 Å². The summed E-state index contributed by atoms with van der Waals surface area (Å²) in [5.41, 5.74) is 1.98. The average molecular weight is 398 g/mol. The molecule has 0 atom stereocenters. The molecule has 28 heavy (non-hydrogen) atoms. The Kier molecular flexibility index (Phi) is 5.87.